The number of aromatic nitrogens is 3. The van der Waals surface area contributed by atoms with E-state index in [0.717, 1.165) is 48.3 Å². The minimum absolute atomic E-state index is 0.0635. The lowest BCUT2D eigenvalue weighted by atomic mass is 9.95. The summed E-state index contributed by atoms with van der Waals surface area (Å²) in [7, 11) is 0. The molecule has 2 aromatic rings. The molecule has 2 aliphatic rings. The number of nitrogens with one attached hydrogen (secondary N) is 2. The van der Waals surface area contributed by atoms with Crippen molar-refractivity contribution in [2.24, 2.45) is 5.92 Å². The second-order valence-corrected chi connectivity index (χ2v) is 11.4. The minimum Gasteiger partial charge on any atom is -0.348 e. The Kier molecular flexibility index (Phi) is 9.35. The third-order valence-electron chi connectivity index (χ3n) is 7.67. The summed E-state index contributed by atoms with van der Waals surface area (Å²) < 4.78 is 1.83. The van der Waals surface area contributed by atoms with Gasteiger partial charge in [-0.05, 0) is 91.1 Å². The lowest BCUT2D eigenvalue weighted by Gasteiger charge is -2.31. The maximum atomic E-state index is 13.6. The van der Waals surface area contributed by atoms with Gasteiger partial charge in [-0.3, -0.25) is 14.4 Å². The number of carbonyl (C=O) groups is 3. The van der Waals surface area contributed by atoms with E-state index in [9.17, 15) is 14.4 Å². The molecule has 0 aromatic carbocycles. The van der Waals surface area contributed by atoms with Crippen molar-refractivity contribution in [2.75, 3.05) is 32.7 Å². The van der Waals surface area contributed by atoms with Crippen LogP contribution in [0.3, 0.4) is 0 Å². The Bertz CT molecular complexity index is 1390. The molecule has 0 bridgehead atoms. The highest BCUT2D eigenvalue weighted by molar-refractivity contribution is 6.07. The number of rotatable bonds is 8. The van der Waals surface area contributed by atoms with Crippen LogP contribution in [0.15, 0.2) is 41.1 Å². The maximum Gasteiger partial charge on any atom is 0.252 e. The maximum absolute atomic E-state index is 13.6. The zero-order chi connectivity index (χ0) is 29.0. The van der Waals surface area contributed by atoms with Crippen molar-refractivity contribution >= 4 is 34.2 Å². The summed E-state index contributed by atoms with van der Waals surface area (Å²) >= 11 is 0. The van der Waals surface area contributed by atoms with E-state index in [2.05, 4.69) is 21.8 Å². The molecule has 0 atom stereocenters. The molecule has 9 heteroatoms. The van der Waals surface area contributed by atoms with Gasteiger partial charge in [-0.25, -0.2) is 9.67 Å². The number of carbonyl (C=O) groups excluding carboxylic acids is 3. The second kappa shape index (κ2) is 12.7. The number of Topliss-reactive ketones (excluding diaryl/α,β-unsaturated/α-hetero) is 1. The van der Waals surface area contributed by atoms with Crippen LogP contribution < -0.4 is 10.6 Å². The molecule has 0 spiro atoms. The number of hydrogen-bond donors (Lipinski definition) is 2. The molecule has 4 rings (SSSR count). The van der Waals surface area contributed by atoms with Crippen molar-refractivity contribution in [3.05, 3.63) is 52.4 Å². The first-order valence-electron chi connectivity index (χ1n) is 14.3. The molecule has 214 valence electrons. The first kappa shape index (κ1) is 29.4. The zero-order valence-corrected chi connectivity index (χ0v) is 24.6. The van der Waals surface area contributed by atoms with Crippen molar-refractivity contribution in [1.82, 2.24) is 30.3 Å². The minimum atomic E-state index is -0.278. The summed E-state index contributed by atoms with van der Waals surface area (Å²) in [5.74, 6) is -0.0224. The average Bonchev–Trinajstić information content (AvgIpc) is 3.36. The summed E-state index contributed by atoms with van der Waals surface area (Å²) in [5, 5.41) is 11.5. The summed E-state index contributed by atoms with van der Waals surface area (Å²) in [6, 6.07) is 1.88. The monoisotopic (exact) mass is 546 g/mol. The van der Waals surface area contributed by atoms with Gasteiger partial charge in [0.15, 0.2) is 11.4 Å². The Hall–Kier alpha value is -3.59. The molecular formula is C31H42N6O3. The summed E-state index contributed by atoms with van der Waals surface area (Å²) in [6.07, 6.45) is 8.14. The molecule has 0 aliphatic carbocycles. The van der Waals surface area contributed by atoms with E-state index in [-0.39, 0.29) is 36.1 Å². The highest BCUT2D eigenvalue weighted by Gasteiger charge is 2.28. The quantitative estimate of drug-likeness (QED) is 0.379. The number of ketones is 1. The molecule has 4 heterocycles. The number of pyridine rings is 1. The summed E-state index contributed by atoms with van der Waals surface area (Å²) in [5.41, 5.74) is 5.37. The van der Waals surface area contributed by atoms with E-state index < -0.39 is 0 Å². The molecule has 2 N–H and O–H groups in total. The molecule has 1 fully saturated rings. The standard InChI is InChI=1S/C31H42N6O3/c1-19(2)15-21(5)26(22(6)38)17-33-30(39)25-16-28(35-29-27(25)18-34-37(29)20(3)4)23-9-13-36(14-10-23)31(40)24-7-11-32-12-8-24/h9,15-16,18,20,24,32H,7-8,10-14,17H2,1-6H3,(H,33,39)/b26-21-. The molecule has 2 amide bonds. The predicted molar refractivity (Wildman–Crippen MR) is 158 cm³/mol. The molecule has 9 nitrogen and oxygen atoms in total. The molecule has 2 aliphatic heterocycles. The van der Waals surface area contributed by atoms with Crippen LogP contribution in [0, 0.1) is 5.92 Å². The van der Waals surface area contributed by atoms with Gasteiger partial charge in [0.1, 0.15) is 0 Å². The smallest absolute Gasteiger partial charge is 0.252 e. The van der Waals surface area contributed by atoms with Crippen molar-refractivity contribution in [1.29, 1.82) is 0 Å². The lowest BCUT2D eigenvalue weighted by molar-refractivity contribution is -0.135. The van der Waals surface area contributed by atoms with Crippen LogP contribution in [0.5, 0.6) is 0 Å². The van der Waals surface area contributed by atoms with Gasteiger partial charge in [0, 0.05) is 37.2 Å². The molecular weight excluding hydrogens is 504 g/mol. The normalized spacial score (nSPS) is 17.0. The van der Waals surface area contributed by atoms with E-state index in [0.29, 0.717) is 41.7 Å². The SMILES string of the molecule is CC(=O)/C(CNC(=O)c1cc(C2=CCN(C(=O)C3CCNCC3)CC2)nc2c1cnn2C(C)C)=C(/C)C=C(C)C. The molecule has 0 unspecified atom stereocenters. The first-order chi connectivity index (χ1) is 19.1. The third kappa shape index (κ3) is 6.58. The van der Waals surface area contributed by atoms with Crippen LogP contribution in [0.4, 0.5) is 0 Å². The van der Waals surface area contributed by atoms with Crippen LogP contribution in [0.25, 0.3) is 16.6 Å². The van der Waals surface area contributed by atoms with E-state index in [1.807, 2.05) is 56.3 Å². The molecule has 1 saturated heterocycles. The third-order valence-corrected chi connectivity index (χ3v) is 7.67. The topological polar surface area (TPSA) is 109 Å². The van der Waals surface area contributed by atoms with Crippen LogP contribution in [0.2, 0.25) is 0 Å². The summed E-state index contributed by atoms with van der Waals surface area (Å²) in [6.45, 7) is 14.5. The van der Waals surface area contributed by atoms with E-state index >= 15 is 0 Å². The fraction of sp³-hybridized carbons (Fsp3) is 0.516. The number of piperidine rings is 1. The van der Waals surface area contributed by atoms with Crippen molar-refractivity contribution in [3.8, 4) is 0 Å². The van der Waals surface area contributed by atoms with Crippen LogP contribution in [0.1, 0.15) is 82.9 Å². The highest BCUT2D eigenvalue weighted by atomic mass is 16.2. The van der Waals surface area contributed by atoms with Crippen LogP contribution >= 0.6 is 0 Å². The molecule has 40 heavy (non-hydrogen) atoms. The van der Waals surface area contributed by atoms with Gasteiger partial charge in [0.2, 0.25) is 5.91 Å². The summed E-state index contributed by atoms with van der Waals surface area (Å²) in [4.78, 5) is 45.8. The van der Waals surface area contributed by atoms with Gasteiger partial charge >= 0.3 is 0 Å². The van der Waals surface area contributed by atoms with Gasteiger partial charge in [0.05, 0.1) is 22.8 Å². The van der Waals surface area contributed by atoms with Gasteiger partial charge in [0.25, 0.3) is 5.91 Å². The average molecular weight is 547 g/mol. The van der Waals surface area contributed by atoms with Crippen LogP contribution in [-0.2, 0) is 9.59 Å². The Balaban J connectivity index is 1.62. The fourth-order valence-corrected chi connectivity index (χ4v) is 5.50. The number of fused-ring (bicyclic) bond motifs is 1. The van der Waals surface area contributed by atoms with Gasteiger partial charge in [-0.1, -0.05) is 17.7 Å². The molecule has 0 saturated carbocycles. The number of hydrogen-bond acceptors (Lipinski definition) is 6. The van der Waals surface area contributed by atoms with E-state index in [1.54, 1.807) is 6.20 Å². The largest absolute Gasteiger partial charge is 0.348 e. The van der Waals surface area contributed by atoms with Crippen molar-refractivity contribution in [2.45, 2.75) is 66.8 Å². The Morgan fingerprint density at radius 1 is 1.15 bits per heavy atom. The first-order valence-corrected chi connectivity index (χ1v) is 14.3. The van der Waals surface area contributed by atoms with Crippen LogP contribution in [-0.4, -0.2) is 70.0 Å². The zero-order valence-electron chi connectivity index (χ0n) is 24.6. The number of allylic oxidation sites excluding steroid dienone is 3. The van der Waals surface area contributed by atoms with Gasteiger partial charge in [-0.15, -0.1) is 0 Å². The Morgan fingerprint density at radius 2 is 1.88 bits per heavy atom. The van der Waals surface area contributed by atoms with E-state index in [1.165, 1.54) is 6.92 Å². The Labute approximate surface area is 236 Å². The number of amides is 2. The fourth-order valence-electron chi connectivity index (χ4n) is 5.50. The van der Waals surface area contributed by atoms with Crippen molar-refractivity contribution in [3.63, 3.8) is 0 Å². The predicted octanol–water partition coefficient (Wildman–Crippen LogP) is 4.23. The lowest BCUT2D eigenvalue weighted by Crippen LogP contribution is -2.42. The molecule has 2 aromatic heterocycles. The highest BCUT2D eigenvalue weighted by Crippen LogP contribution is 2.28. The number of nitrogens with zero attached hydrogens (tertiary/aromatic N) is 4. The molecule has 0 radical (unpaired) electrons. The Morgan fingerprint density at radius 3 is 2.48 bits per heavy atom. The van der Waals surface area contributed by atoms with Gasteiger partial charge in [-0.2, -0.15) is 5.10 Å². The van der Waals surface area contributed by atoms with E-state index in [4.69, 9.17) is 4.98 Å². The van der Waals surface area contributed by atoms with Crippen molar-refractivity contribution < 1.29 is 14.4 Å². The van der Waals surface area contributed by atoms with Gasteiger partial charge < -0.3 is 15.5 Å². The second-order valence-electron chi connectivity index (χ2n) is 11.4.